The number of amides is 1. The van der Waals surface area contributed by atoms with Gasteiger partial charge in [0.2, 0.25) is 0 Å². The third kappa shape index (κ3) is 4.83. The van der Waals surface area contributed by atoms with Crippen molar-refractivity contribution in [2.24, 2.45) is 0 Å². The summed E-state index contributed by atoms with van der Waals surface area (Å²) in [5.74, 6) is -2.08. The Kier molecular flexibility index (Phi) is 6.28. The molecule has 3 rings (SSSR count). The molecule has 0 spiro atoms. The summed E-state index contributed by atoms with van der Waals surface area (Å²) >= 11 is 12.6. The van der Waals surface area contributed by atoms with Crippen LogP contribution >= 0.6 is 35.3 Å². The number of rotatable bonds is 5. The van der Waals surface area contributed by atoms with E-state index in [1.54, 1.807) is 0 Å². The van der Waals surface area contributed by atoms with E-state index in [4.69, 9.17) is 27.9 Å². The lowest BCUT2D eigenvalue weighted by Gasteiger charge is -2.28. The van der Waals surface area contributed by atoms with E-state index in [0.29, 0.717) is 6.07 Å². The van der Waals surface area contributed by atoms with Crippen LogP contribution in [-0.2, 0) is 6.18 Å². The van der Waals surface area contributed by atoms with Gasteiger partial charge >= 0.3 is 6.18 Å². The van der Waals surface area contributed by atoms with Gasteiger partial charge in [0.05, 0.1) is 21.2 Å². The van der Waals surface area contributed by atoms with Crippen molar-refractivity contribution in [2.75, 3.05) is 13.1 Å². The highest BCUT2D eigenvalue weighted by atomic mass is 35.5. The zero-order chi connectivity index (χ0) is 20.5. The largest absolute Gasteiger partial charge is 0.456 e. The van der Waals surface area contributed by atoms with Gasteiger partial charge in [0.15, 0.2) is 0 Å². The van der Waals surface area contributed by atoms with Crippen LogP contribution in [0.1, 0.15) is 22.3 Å². The molecule has 0 aromatic heterocycles. The van der Waals surface area contributed by atoms with Crippen molar-refractivity contribution in [1.29, 1.82) is 0 Å². The molecule has 1 saturated heterocycles. The predicted octanol–water partition coefficient (Wildman–Crippen LogP) is 5.94. The molecule has 2 aromatic rings. The number of nitrogens with one attached hydrogen (secondary N) is 1. The third-order valence-electron chi connectivity index (χ3n) is 3.82. The lowest BCUT2D eigenvalue weighted by atomic mass is 10.2. The highest BCUT2D eigenvalue weighted by Gasteiger charge is 2.33. The Balaban J connectivity index is 1.78. The van der Waals surface area contributed by atoms with Gasteiger partial charge in [0.25, 0.3) is 5.91 Å². The number of nitrogens with zero attached hydrogens (tertiary/aromatic N) is 1. The van der Waals surface area contributed by atoms with E-state index in [-0.39, 0.29) is 22.1 Å². The lowest BCUT2D eigenvalue weighted by molar-refractivity contribution is -0.137. The molecular formula is C17H12Cl2F4N2O2S. The number of hydrogen-bond donors (Lipinski definition) is 1. The van der Waals surface area contributed by atoms with Crippen molar-refractivity contribution in [3.63, 3.8) is 0 Å². The topological polar surface area (TPSA) is 41.6 Å². The first-order valence-corrected chi connectivity index (χ1v) is 9.44. The van der Waals surface area contributed by atoms with Crippen molar-refractivity contribution >= 4 is 41.2 Å². The summed E-state index contributed by atoms with van der Waals surface area (Å²) in [6.07, 6.45) is -3.66. The van der Waals surface area contributed by atoms with E-state index in [2.05, 4.69) is 4.72 Å². The maximum absolute atomic E-state index is 14.3. The first-order chi connectivity index (χ1) is 13.1. The first kappa shape index (κ1) is 21.0. The van der Waals surface area contributed by atoms with E-state index in [1.165, 1.54) is 6.07 Å². The van der Waals surface area contributed by atoms with E-state index in [0.717, 1.165) is 49.8 Å². The lowest BCUT2D eigenvalue weighted by Crippen LogP contribution is -2.35. The van der Waals surface area contributed by atoms with Crippen LogP contribution in [0.25, 0.3) is 0 Å². The molecule has 0 aliphatic carbocycles. The first-order valence-electron chi connectivity index (χ1n) is 7.91. The Morgan fingerprint density at radius 3 is 2.46 bits per heavy atom. The van der Waals surface area contributed by atoms with Gasteiger partial charge in [0.1, 0.15) is 17.3 Å². The molecule has 2 aromatic carbocycles. The second-order valence-electron chi connectivity index (χ2n) is 5.81. The highest BCUT2D eigenvalue weighted by Crippen LogP contribution is 2.39. The fourth-order valence-corrected chi connectivity index (χ4v) is 3.42. The maximum atomic E-state index is 14.3. The summed E-state index contributed by atoms with van der Waals surface area (Å²) in [5.41, 5.74) is -1.40. The van der Waals surface area contributed by atoms with Crippen molar-refractivity contribution < 1.29 is 27.1 Å². The summed E-state index contributed by atoms with van der Waals surface area (Å²) in [7, 11) is 0. The minimum Gasteiger partial charge on any atom is -0.456 e. The number of carbonyl (C=O) groups excluding carboxylic acids is 1. The molecule has 0 saturated carbocycles. The van der Waals surface area contributed by atoms with Crippen LogP contribution in [0, 0.1) is 5.82 Å². The molecule has 1 aliphatic rings. The summed E-state index contributed by atoms with van der Waals surface area (Å²) < 4.78 is 62.8. The van der Waals surface area contributed by atoms with Gasteiger partial charge in [0, 0.05) is 31.3 Å². The zero-order valence-electron chi connectivity index (χ0n) is 13.9. The predicted molar refractivity (Wildman–Crippen MR) is 99.2 cm³/mol. The fraction of sp³-hybridized carbons (Fsp3) is 0.235. The molecule has 150 valence electrons. The Hall–Kier alpha value is -1.68. The number of carbonyl (C=O) groups is 1. The van der Waals surface area contributed by atoms with E-state index >= 15 is 0 Å². The number of hydrogen-bond acceptors (Lipinski definition) is 4. The van der Waals surface area contributed by atoms with Crippen LogP contribution < -0.4 is 9.46 Å². The minimum atomic E-state index is -4.68. The Labute approximate surface area is 172 Å². The quantitative estimate of drug-likeness (QED) is 0.448. The van der Waals surface area contributed by atoms with Crippen LogP contribution in [0.15, 0.2) is 30.3 Å². The second-order valence-corrected chi connectivity index (χ2v) is 7.53. The van der Waals surface area contributed by atoms with Gasteiger partial charge in [-0.3, -0.25) is 9.52 Å². The van der Waals surface area contributed by atoms with Gasteiger partial charge in [-0.25, -0.2) is 8.70 Å². The average Bonchev–Trinajstić information content (AvgIpc) is 2.57. The standard InChI is InChI=1S/C17H12Cl2F4N2O2S/c18-12-3-2-9(6-11(12)17(21,22)23)27-15-8-14(20)10(7-13(15)19)16(26)24-28-25-4-1-5-25/h2-3,6-8H,1,4-5H2,(H,24,26). The summed E-state index contributed by atoms with van der Waals surface area (Å²) in [5, 5.41) is -0.632. The molecule has 28 heavy (non-hydrogen) atoms. The molecule has 1 amide bonds. The minimum absolute atomic E-state index is 0.135. The number of benzene rings is 2. The van der Waals surface area contributed by atoms with Crippen molar-refractivity contribution in [2.45, 2.75) is 12.6 Å². The van der Waals surface area contributed by atoms with Crippen LogP contribution in [0.5, 0.6) is 11.5 Å². The molecule has 0 atom stereocenters. The van der Waals surface area contributed by atoms with Crippen molar-refractivity contribution in [3.8, 4) is 11.5 Å². The maximum Gasteiger partial charge on any atom is 0.417 e. The normalized spacial score (nSPS) is 14.5. The van der Waals surface area contributed by atoms with Gasteiger partial charge < -0.3 is 4.74 Å². The summed E-state index contributed by atoms with van der Waals surface area (Å²) in [6.45, 7) is 1.64. The number of ether oxygens (including phenoxy) is 1. The average molecular weight is 455 g/mol. The number of alkyl halides is 3. The molecule has 1 fully saturated rings. The van der Waals surface area contributed by atoms with Crippen LogP contribution in [0.4, 0.5) is 17.6 Å². The monoisotopic (exact) mass is 454 g/mol. The molecule has 11 heteroatoms. The summed E-state index contributed by atoms with van der Waals surface area (Å²) in [4.78, 5) is 12.1. The smallest absolute Gasteiger partial charge is 0.417 e. The van der Waals surface area contributed by atoms with Crippen LogP contribution in [0.3, 0.4) is 0 Å². The molecule has 1 N–H and O–H groups in total. The molecule has 4 nitrogen and oxygen atoms in total. The van der Waals surface area contributed by atoms with E-state index in [9.17, 15) is 22.4 Å². The second kappa shape index (κ2) is 8.36. The Morgan fingerprint density at radius 2 is 1.86 bits per heavy atom. The van der Waals surface area contributed by atoms with Crippen molar-refractivity contribution in [1.82, 2.24) is 9.03 Å². The van der Waals surface area contributed by atoms with Gasteiger partial charge in [-0.05, 0) is 30.7 Å². The van der Waals surface area contributed by atoms with Gasteiger partial charge in [-0.2, -0.15) is 13.2 Å². The molecule has 1 aliphatic heterocycles. The number of halogens is 6. The molecule has 0 unspecified atom stereocenters. The molecule has 1 heterocycles. The Bertz CT molecular complexity index is 907. The van der Waals surface area contributed by atoms with E-state index < -0.39 is 28.5 Å². The molecular weight excluding hydrogens is 443 g/mol. The van der Waals surface area contributed by atoms with Gasteiger partial charge in [-0.1, -0.05) is 23.2 Å². The third-order valence-corrected chi connectivity index (χ3v) is 5.34. The van der Waals surface area contributed by atoms with Crippen molar-refractivity contribution in [3.05, 3.63) is 57.3 Å². The Morgan fingerprint density at radius 1 is 1.14 bits per heavy atom. The van der Waals surface area contributed by atoms with Crippen LogP contribution in [-0.4, -0.2) is 23.3 Å². The highest BCUT2D eigenvalue weighted by molar-refractivity contribution is 7.95. The molecule has 0 radical (unpaired) electrons. The zero-order valence-corrected chi connectivity index (χ0v) is 16.3. The van der Waals surface area contributed by atoms with Gasteiger partial charge in [-0.15, -0.1) is 0 Å². The fourth-order valence-electron chi connectivity index (χ4n) is 2.23. The van der Waals surface area contributed by atoms with E-state index in [1.807, 2.05) is 4.31 Å². The van der Waals surface area contributed by atoms with Crippen LogP contribution in [0.2, 0.25) is 10.0 Å². The summed E-state index contributed by atoms with van der Waals surface area (Å²) in [6, 6.07) is 4.78. The SMILES string of the molecule is O=C(NSN1CCC1)c1cc(Cl)c(Oc2ccc(Cl)c(C(F)(F)F)c2)cc1F. The molecule has 0 bridgehead atoms.